The molecule has 3 unspecified atom stereocenters. The van der Waals surface area contributed by atoms with E-state index in [0.29, 0.717) is 24.3 Å². The van der Waals surface area contributed by atoms with Crippen LogP contribution in [0.4, 0.5) is 0 Å². The molecule has 0 aromatic heterocycles. The lowest BCUT2D eigenvalue weighted by atomic mass is 9.95. The monoisotopic (exact) mass is 503 g/mol. The number of likely N-dealkylation sites (N-methyl/N-ethyl adjacent to an activating group) is 1. The van der Waals surface area contributed by atoms with Gasteiger partial charge in [-0.25, -0.2) is 8.42 Å². The van der Waals surface area contributed by atoms with Crippen LogP contribution in [0.15, 0.2) is 59.5 Å². The summed E-state index contributed by atoms with van der Waals surface area (Å²) >= 11 is 0. The van der Waals surface area contributed by atoms with Gasteiger partial charge in [-0.3, -0.25) is 4.79 Å². The number of piperidine rings is 1. The fourth-order valence-electron chi connectivity index (χ4n) is 5.58. The van der Waals surface area contributed by atoms with E-state index in [1.807, 2.05) is 37.3 Å². The number of rotatable bonds is 6. The van der Waals surface area contributed by atoms with Crippen molar-refractivity contribution in [2.75, 3.05) is 20.2 Å². The molecule has 3 aliphatic heterocycles. The Morgan fingerprint density at radius 1 is 1.11 bits per heavy atom. The lowest BCUT2D eigenvalue weighted by Crippen LogP contribution is -2.62. The molecule has 2 bridgehead atoms. The first-order chi connectivity index (χ1) is 16.6. The molecule has 5 rings (SSSR count). The fourth-order valence-corrected chi connectivity index (χ4v) is 6.04. The molecule has 0 radical (unpaired) electrons. The van der Waals surface area contributed by atoms with Gasteiger partial charge in [0.25, 0.3) is 0 Å². The summed E-state index contributed by atoms with van der Waals surface area (Å²) in [5.41, 5.74) is 1.74. The van der Waals surface area contributed by atoms with Gasteiger partial charge in [0, 0.05) is 12.8 Å². The third-order valence-corrected chi connectivity index (χ3v) is 8.64. The van der Waals surface area contributed by atoms with Gasteiger partial charge in [0.15, 0.2) is 0 Å². The van der Waals surface area contributed by atoms with E-state index >= 15 is 0 Å². The van der Waals surface area contributed by atoms with Crippen molar-refractivity contribution < 1.29 is 36.8 Å². The first-order valence-corrected chi connectivity index (χ1v) is 13.4. The molecule has 8 nitrogen and oxygen atoms in total. The van der Waals surface area contributed by atoms with Crippen LogP contribution in [0.3, 0.4) is 0 Å². The quantitative estimate of drug-likeness (QED) is 0.278. The molecular formula is C26H33NO7S. The van der Waals surface area contributed by atoms with Gasteiger partial charge in [-0.2, -0.15) is 0 Å². The van der Waals surface area contributed by atoms with Crippen LogP contribution in [0.2, 0.25) is 0 Å². The number of aliphatic hydroxyl groups is 1. The summed E-state index contributed by atoms with van der Waals surface area (Å²) in [6.45, 7) is 4.92. The van der Waals surface area contributed by atoms with Crippen molar-refractivity contribution in [1.82, 2.24) is 0 Å². The number of hydrogen-bond acceptors (Lipinski definition) is 7. The molecule has 0 spiro atoms. The minimum absolute atomic E-state index is 0.0561. The van der Waals surface area contributed by atoms with Crippen molar-refractivity contribution in [2.45, 2.75) is 67.9 Å². The van der Waals surface area contributed by atoms with Crippen molar-refractivity contribution in [2.24, 2.45) is 0 Å². The van der Waals surface area contributed by atoms with Gasteiger partial charge in [-0.15, -0.1) is 0 Å². The highest BCUT2D eigenvalue weighted by Gasteiger charge is 2.71. The summed E-state index contributed by atoms with van der Waals surface area (Å²) in [6, 6.07) is 16.0. The van der Waals surface area contributed by atoms with Crippen molar-refractivity contribution in [3.8, 4) is 0 Å². The topological polar surface area (TPSA) is 116 Å². The molecule has 0 saturated carbocycles. The number of aryl methyl sites for hydroxylation is 1. The minimum Gasteiger partial charge on any atom is -0.744 e. The summed E-state index contributed by atoms with van der Waals surface area (Å²) in [5, 5.41) is 9.64. The van der Waals surface area contributed by atoms with Crippen LogP contribution in [-0.4, -0.2) is 79.1 Å². The maximum absolute atomic E-state index is 12.6. The highest BCUT2D eigenvalue weighted by molar-refractivity contribution is 7.85. The van der Waals surface area contributed by atoms with E-state index in [1.54, 1.807) is 12.1 Å². The normalized spacial score (nSPS) is 31.5. The van der Waals surface area contributed by atoms with Gasteiger partial charge in [0.05, 0.1) is 25.1 Å². The number of fused-ring (bicyclic) bond motifs is 5. The third-order valence-electron chi connectivity index (χ3n) is 7.79. The average molecular weight is 504 g/mol. The molecule has 3 heterocycles. The zero-order chi connectivity index (χ0) is 25.4. The molecule has 3 saturated heterocycles. The highest BCUT2D eigenvalue weighted by atomic mass is 32.2. The van der Waals surface area contributed by atoms with E-state index in [4.69, 9.17) is 9.47 Å². The average Bonchev–Trinajstić information content (AvgIpc) is 3.59. The van der Waals surface area contributed by atoms with Crippen LogP contribution in [0, 0.1) is 6.92 Å². The molecule has 9 heteroatoms. The molecule has 0 aliphatic carbocycles. The predicted molar refractivity (Wildman–Crippen MR) is 127 cm³/mol. The number of esters is 1. The van der Waals surface area contributed by atoms with Crippen LogP contribution < -0.4 is 0 Å². The Morgan fingerprint density at radius 2 is 1.69 bits per heavy atom. The van der Waals surface area contributed by atoms with Crippen molar-refractivity contribution in [3.05, 3.63) is 65.7 Å². The SMILES string of the molecule is CC[N+]1(C)[C@@H]2CC(OC(=O)C(CO)c3ccccc3)C[C@H]1[C@H]1O[C@H]12.Cc1ccc(S(=O)(=O)[O-])cc1. The summed E-state index contributed by atoms with van der Waals surface area (Å²) in [6.07, 6.45) is 2.37. The van der Waals surface area contributed by atoms with Crippen molar-refractivity contribution in [3.63, 3.8) is 0 Å². The number of benzene rings is 2. The zero-order valence-corrected chi connectivity index (χ0v) is 21.1. The Kier molecular flexibility index (Phi) is 7.36. The summed E-state index contributed by atoms with van der Waals surface area (Å²) < 4.78 is 43.8. The summed E-state index contributed by atoms with van der Waals surface area (Å²) in [7, 11) is -1.96. The Morgan fingerprint density at radius 3 is 2.17 bits per heavy atom. The minimum atomic E-state index is -4.27. The van der Waals surface area contributed by atoms with Crippen LogP contribution >= 0.6 is 0 Å². The van der Waals surface area contributed by atoms with E-state index in [1.165, 1.54) is 12.1 Å². The molecule has 2 aromatic carbocycles. The van der Waals surface area contributed by atoms with Gasteiger partial charge >= 0.3 is 5.97 Å². The fraction of sp³-hybridized carbons (Fsp3) is 0.500. The second-order valence-corrected chi connectivity index (χ2v) is 11.2. The Balaban J connectivity index is 0.000000221. The lowest BCUT2D eigenvalue weighted by Gasteiger charge is -2.47. The predicted octanol–water partition coefficient (Wildman–Crippen LogP) is 2.35. The molecule has 2 aromatic rings. The second-order valence-electron chi connectivity index (χ2n) is 9.81. The number of nitrogens with zero attached hydrogens (tertiary/aromatic N) is 1. The van der Waals surface area contributed by atoms with Gasteiger partial charge in [0.2, 0.25) is 0 Å². The molecular weight excluding hydrogens is 470 g/mol. The number of quaternary nitrogens is 1. The molecule has 0 amide bonds. The van der Waals surface area contributed by atoms with Crippen molar-refractivity contribution >= 4 is 16.1 Å². The van der Waals surface area contributed by atoms with Gasteiger partial charge < -0.3 is 23.6 Å². The van der Waals surface area contributed by atoms with Crippen molar-refractivity contribution in [1.29, 1.82) is 0 Å². The number of aliphatic hydroxyl groups excluding tert-OH is 1. The van der Waals surface area contributed by atoms with E-state index in [-0.39, 0.29) is 23.6 Å². The van der Waals surface area contributed by atoms with Crippen LogP contribution in [0.25, 0.3) is 0 Å². The van der Waals surface area contributed by atoms with E-state index in [2.05, 4.69) is 14.0 Å². The molecule has 3 fully saturated rings. The Bertz CT molecular complexity index is 1120. The van der Waals surface area contributed by atoms with Crippen LogP contribution in [-0.2, 0) is 24.4 Å². The molecule has 3 aliphatic rings. The van der Waals surface area contributed by atoms with Gasteiger partial charge in [-0.05, 0) is 31.5 Å². The summed E-state index contributed by atoms with van der Waals surface area (Å²) in [5.74, 6) is -0.904. The molecule has 190 valence electrons. The van der Waals surface area contributed by atoms with E-state index in [9.17, 15) is 22.9 Å². The second kappa shape index (κ2) is 9.99. The molecule has 7 atom stereocenters. The lowest BCUT2D eigenvalue weighted by molar-refractivity contribution is -0.954. The first-order valence-electron chi connectivity index (χ1n) is 12.0. The maximum Gasteiger partial charge on any atom is 0.316 e. The van der Waals surface area contributed by atoms with Crippen LogP contribution in [0.1, 0.15) is 36.8 Å². The summed E-state index contributed by atoms with van der Waals surface area (Å²) in [4.78, 5) is 12.4. The number of carbonyl (C=O) groups excluding carboxylic acids is 1. The number of hydrogen-bond donors (Lipinski definition) is 1. The molecule has 1 N–H and O–H groups in total. The number of ether oxygens (including phenoxy) is 2. The van der Waals surface area contributed by atoms with Crippen LogP contribution in [0.5, 0.6) is 0 Å². The highest BCUT2D eigenvalue weighted by Crippen LogP contribution is 2.52. The number of epoxide rings is 1. The number of morpholine rings is 1. The van der Waals surface area contributed by atoms with Gasteiger partial charge in [-0.1, -0.05) is 48.0 Å². The third kappa shape index (κ3) is 5.29. The standard InChI is InChI=1S/C19H26NO4.C7H8O3S/c1-3-20(2)15-9-13(10-16(20)18-17(15)24-18)23-19(22)14(11-21)12-7-5-4-6-8-12;1-6-2-4-7(5-3-6)11(8,9)10/h4-8,13-18,21H,3,9-11H2,1-2H3;2-5H,1H3,(H,8,9,10)/q+1;/p-1/t13?,14?,15-,16+,17+,18-,20?;. The van der Waals surface area contributed by atoms with Gasteiger partial charge in [0.1, 0.15) is 46.4 Å². The zero-order valence-electron chi connectivity index (χ0n) is 20.2. The Labute approximate surface area is 206 Å². The molecule has 35 heavy (non-hydrogen) atoms. The number of carbonyl (C=O) groups is 1. The maximum atomic E-state index is 12.6. The largest absolute Gasteiger partial charge is 0.744 e. The van der Waals surface area contributed by atoms with E-state index in [0.717, 1.165) is 35.0 Å². The first kappa shape index (κ1) is 25.8. The van der Waals surface area contributed by atoms with E-state index < -0.39 is 16.0 Å². The smallest absolute Gasteiger partial charge is 0.316 e. The Hall–Kier alpha value is -2.30.